The van der Waals surface area contributed by atoms with Crippen LogP contribution in [-0.2, 0) is 17.8 Å². The summed E-state index contributed by atoms with van der Waals surface area (Å²) in [5.41, 5.74) is 1.62. The molecular weight excluding hydrogens is 424 g/mol. The zero-order valence-electron chi connectivity index (χ0n) is 14.7. The minimum absolute atomic E-state index is 0. The van der Waals surface area contributed by atoms with Crippen LogP contribution in [0.3, 0.4) is 0 Å². The Morgan fingerprint density at radius 3 is 2.75 bits per heavy atom. The lowest BCUT2D eigenvalue weighted by Crippen LogP contribution is -2.44. The molecule has 7 heteroatoms. The Kier molecular flexibility index (Phi) is 8.75. The Morgan fingerprint density at radius 2 is 2.08 bits per heavy atom. The van der Waals surface area contributed by atoms with Crippen LogP contribution in [-0.4, -0.2) is 32.4 Å². The SMILES string of the molecule is CN=C(NCCc1cc(F)cc2c1OCOC2)NC(C)C(C)C.I. The lowest BCUT2D eigenvalue weighted by molar-refractivity contribution is -0.0172. The highest BCUT2D eigenvalue weighted by atomic mass is 127. The van der Waals surface area contributed by atoms with Gasteiger partial charge in [-0.25, -0.2) is 4.39 Å². The zero-order chi connectivity index (χ0) is 16.8. The molecule has 1 heterocycles. The van der Waals surface area contributed by atoms with Gasteiger partial charge in [-0.05, 0) is 37.0 Å². The van der Waals surface area contributed by atoms with Gasteiger partial charge in [0.25, 0.3) is 0 Å². The van der Waals surface area contributed by atoms with Crippen molar-refractivity contribution < 1.29 is 13.9 Å². The number of nitrogens with zero attached hydrogens (tertiary/aromatic N) is 1. The van der Waals surface area contributed by atoms with Crippen molar-refractivity contribution in [2.24, 2.45) is 10.9 Å². The van der Waals surface area contributed by atoms with Crippen molar-refractivity contribution in [1.29, 1.82) is 0 Å². The van der Waals surface area contributed by atoms with Crippen LogP contribution in [0, 0.1) is 11.7 Å². The predicted molar refractivity (Wildman–Crippen MR) is 105 cm³/mol. The van der Waals surface area contributed by atoms with Crippen molar-refractivity contribution in [3.05, 3.63) is 29.1 Å². The van der Waals surface area contributed by atoms with Crippen LogP contribution in [0.4, 0.5) is 4.39 Å². The van der Waals surface area contributed by atoms with Crippen LogP contribution < -0.4 is 15.4 Å². The molecule has 0 radical (unpaired) electrons. The highest BCUT2D eigenvalue weighted by Crippen LogP contribution is 2.29. The van der Waals surface area contributed by atoms with Crippen molar-refractivity contribution in [2.45, 2.75) is 39.8 Å². The fraction of sp³-hybridized carbons (Fsp3) is 0.588. The van der Waals surface area contributed by atoms with E-state index in [4.69, 9.17) is 9.47 Å². The first-order chi connectivity index (χ1) is 11.0. The Labute approximate surface area is 160 Å². The molecule has 24 heavy (non-hydrogen) atoms. The van der Waals surface area contributed by atoms with Gasteiger partial charge in [0.05, 0.1) is 6.61 Å². The fourth-order valence-electron chi connectivity index (χ4n) is 2.33. The molecule has 1 aliphatic rings. The first kappa shape index (κ1) is 21.0. The zero-order valence-corrected chi connectivity index (χ0v) is 17.0. The minimum Gasteiger partial charge on any atom is -0.467 e. The van der Waals surface area contributed by atoms with Gasteiger partial charge in [-0.15, -0.1) is 24.0 Å². The lowest BCUT2D eigenvalue weighted by atomic mass is 10.1. The number of ether oxygens (including phenoxy) is 2. The highest BCUT2D eigenvalue weighted by Gasteiger charge is 2.17. The Bertz CT molecular complexity index is 567. The number of nitrogens with one attached hydrogen (secondary N) is 2. The van der Waals surface area contributed by atoms with E-state index in [9.17, 15) is 4.39 Å². The van der Waals surface area contributed by atoms with Crippen LogP contribution in [0.25, 0.3) is 0 Å². The molecule has 0 bridgehead atoms. The number of guanidine groups is 1. The number of benzene rings is 1. The molecule has 1 aromatic rings. The van der Waals surface area contributed by atoms with Crippen LogP contribution >= 0.6 is 24.0 Å². The highest BCUT2D eigenvalue weighted by molar-refractivity contribution is 14.0. The van der Waals surface area contributed by atoms with Crippen LogP contribution in [0.5, 0.6) is 5.75 Å². The van der Waals surface area contributed by atoms with Gasteiger partial charge in [0, 0.05) is 25.2 Å². The molecule has 1 aliphatic heterocycles. The first-order valence-corrected chi connectivity index (χ1v) is 8.00. The second kappa shape index (κ2) is 10.0. The molecule has 0 saturated heterocycles. The smallest absolute Gasteiger partial charge is 0.191 e. The number of hydrogen-bond acceptors (Lipinski definition) is 3. The number of hydrogen-bond donors (Lipinski definition) is 2. The second-order valence-electron chi connectivity index (χ2n) is 6.09. The predicted octanol–water partition coefficient (Wildman–Crippen LogP) is 3.06. The molecule has 5 nitrogen and oxygen atoms in total. The molecule has 2 N–H and O–H groups in total. The monoisotopic (exact) mass is 451 g/mol. The van der Waals surface area contributed by atoms with Gasteiger partial charge in [-0.3, -0.25) is 4.99 Å². The van der Waals surface area contributed by atoms with Gasteiger partial charge in [-0.1, -0.05) is 13.8 Å². The van der Waals surface area contributed by atoms with E-state index in [1.54, 1.807) is 7.05 Å². The third-order valence-corrected chi connectivity index (χ3v) is 4.03. The largest absolute Gasteiger partial charge is 0.467 e. The number of halogens is 2. The summed E-state index contributed by atoms with van der Waals surface area (Å²) < 4.78 is 24.4. The minimum atomic E-state index is -0.260. The molecule has 0 amide bonds. The lowest BCUT2D eigenvalue weighted by Gasteiger charge is -2.22. The summed E-state index contributed by atoms with van der Waals surface area (Å²) in [6, 6.07) is 3.32. The van der Waals surface area contributed by atoms with Gasteiger partial charge in [-0.2, -0.15) is 0 Å². The molecule has 0 fully saturated rings. The Morgan fingerprint density at radius 1 is 1.33 bits per heavy atom. The van der Waals surface area contributed by atoms with Crippen LogP contribution in [0.15, 0.2) is 17.1 Å². The van der Waals surface area contributed by atoms with Gasteiger partial charge in [0.1, 0.15) is 11.6 Å². The van der Waals surface area contributed by atoms with Gasteiger partial charge in [0.15, 0.2) is 12.8 Å². The summed E-state index contributed by atoms with van der Waals surface area (Å²) in [6.45, 7) is 7.68. The average molecular weight is 451 g/mol. The summed E-state index contributed by atoms with van der Waals surface area (Å²) >= 11 is 0. The summed E-state index contributed by atoms with van der Waals surface area (Å²) in [6.07, 6.45) is 0.650. The van der Waals surface area contributed by atoms with E-state index >= 15 is 0 Å². The second-order valence-corrected chi connectivity index (χ2v) is 6.09. The molecule has 1 unspecified atom stereocenters. The van der Waals surface area contributed by atoms with E-state index in [0.717, 1.165) is 22.8 Å². The average Bonchev–Trinajstić information content (AvgIpc) is 2.53. The molecule has 0 aromatic heterocycles. The van der Waals surface area contributed by atoms with Crippen molar-refractivity contribution in [1.82, 2.24) is 10.6 Å². The summed E-state index contributed by atoms with van der Waals surface area (Å²) in [4.78, 5) is 4.22. The molecular formula is C17H27FIN3O2. The summed E-state index contributed by atoms with van der Waals surface area (Å²) in [5.74, 6) is 1.75. The maximum absolute atomic E-state index is 13.7. The molecule has 0 aliphatic carbocycles. The molecule has 1 aromatic carbocycles. The topological polar surface area (TPSA) is 54.9 Å². The van der Waals surface area contributed by atoms with E-state index in [1.165, 1.54) is 12.1 Å². The quantitative estimate of drug-likeness (QED) is 0.411. The van der Waals surface area contributed by atoms with Gasteiger partial charge < -0.3 is 20.1 Å². The van der Waals surface area contributed by atoms with Crippen LogP contribution in [0.1, 0.15) is 31.9 Å². The molecule has 0 saturated carbocycles. The molecule has 136 valence electrons. The van der Waals surface area contributed by atoms with Gasteiger partial charge in [0.2, 0.25) is 0 Å². The first-order valence-electron chi connectivity index (χ1n) is 8.00. The van der Waals surface area contributed by atoms with Gasteiger partial charge >= 0.3 is 0 Å². The summed E-state index contributed by atoms with van der Waals surface area (Å²) in [7, 11) is 1.74. The van der Waals surface area contributed by atoms with Crippen molar-refractivity contribution in [2.75, 3.05) is 20.4 Å². The molecule has 1 atom stereocenters. The van der Waals surface area contributed by atoms with E-state index < -0.39 is 0 Å². The Balaban J connectivity index is 0.00000288. The third-order valence-electron chi connectivity index (χ3n) is 4.03. The summed E-state index contributed by atoms with van der Waals surface area (Å²) in [5, 5.41) is 6.60. The number of fused-ring (bicyclic) bond motifs is 1. The molecule has 2 rings (SSSR count). The maximum Gasteiger partial charge on any atom is 0.191 e. The Hall–Kier alpha value is -1.09. The normalized spacial score (nSPS) is 15.2. The third kappa shape index (κ3) is 5.77. The van der Waals surface area contributed by atoms with Crippen LogP contribution in [0.2, 0.25) is 0 Å². The maximum atomic E-state index is 13.7. The molecule has 0 spiro atoms. The standard InChI is InChI=1S/C17H26FN3O2.HI/c1-11(2)12(3)21-17(19-4)20-6-5-13-7-15(18)8-14-9-22-10-23-16(13)14;/h7-8,11-12H,5-6,9-10H2,1-4H3,(H2,19,20,21);1H. The van der Waals surface area contributed by atoms with E-state index in [1.807, 2.05) is 0 Å². The van der Waals surface area contributed by atoms with E-state index in [2.05, 4.69) is 36.4 Å². The van der Waals surface area contributed by atoms with Crippen molar-refractivity contribution >= 4 is 29.9 Å². The van der Waals surface area contributed by atoms with E-state index in [0.29, 0.717) is 31.5 Å². The van der Waals surface area contributed by atoms with E-state index in [-0.39, 0.29) is 36.6 Å². The fourth-order valence-corrected chi connectivity index (χ4v) is 2.33. The number of rotatable bonds is 5. The number of aliphatic imine (C=N–C) groups is 1. The van der Waals surface area contributed by atoms with Crippen molar-refractivity contribution in [3.63, 3.8) is 0 Å². The van der Waals surface area contributed by atoms with Crippen molar-refractivity contribution in [3.8, 4) is 5.75 Å².